The molecule has 1 heterocycles. The SMILES string of the molecule is Cc1cccc(Nc2cc(C(=O)N(C)Cc3ccccc3)ncn2)c1. The number of nitrogens with zero attached hydrogens (tertiary/aromatic N) is 3. The van der Waals surface area contributed by atoms with E-state index in [9.17, 15) is 4.79 Å². The van der Waals surface area contributed by atoms with Gasteiger partial charge in [0.05, 0.1) is 0 Å². The average Bonchev–Trinajstić information content (AvgIpc) is 2.62. The van der Waals surface area contributed by atoms with Gasteiger partial charge in [-0.2, -0.15) is 0 Å². The Morgan fingerprint density at radius 2 is 1.84 bits per heavy atom. The van der Waals surface area contributed by atoms with Crippen LogP contribution in [0.1, 0.15) is 21.6 Å². The fourth-order valence-electron chi connectivity index (χ4n) is 2.54. The van der Waals surface area contributed by atoms with Crippen LogP contribution in [0.15, 0.2) is 67.0 Å². The molecule has 0 aliphatic heterocycles. The van der Waals surface area contributed by atoms with Crippen LogP contribution in [0, 0.1) is 6.92 Å². The fourth-order valence-corrected chi connectivity index (χ4v) is 2.54. The van der Waals surface area contributed by atoms with Crippen molar-refractivity contribution in [3.63, 3.8) is 0 Å². The highest BCUT2D eigenvalue weighted by Gasteiger charge is 2.14. The third-order valence-electron chi connectivity index (χ3n) is 3.79. The third-order valence-corrected chi connectivity index (χ3v) is 3.79. The van der Waals surface area contributed by atoms with Crippen molar-refractivity contribution in [3.8, 4) is 0 Å². The molecule has 0 aliphatic rings. The summed E-state index contributed by atoms with van der Waals surface area (Å²) in [5, 5.41) is 3.21. The van der Waals surface area contributed by atoms with Crippen LogP contribution in [0.25, 0.3) is 0 Å². The van der Waals surface area contributed by atoms with Crippen molar-refractivity contribution in [2.45, 2.75) is 13.5 Å². The standard InChI is InChI=1S/C20H20N4O/c1-15-7-6-10-17(11-15)23-19-12-18(21-14-22-19)20(25)24(2)13-16-8-4-3-5-9-16/h3-12,14H,13H2,1-2H3,(H,21,22,23). The number of carbonyl (C=O) groups is 1. The smallest absolute Gasteiger partial charge is 0.272 e. The van der Waals surface area contributed by atoms with E-state index in [2.05, 4.69) is 15.3 Å². The Balaban J connectivity index is 1.73. The van der Waals surface area contributed by atoms with Crippen molar-refractivity contribution in [1.29, 1.82) is 0 Å². The quantitative estimate of drug-likeness (QED) is 0.772. The van der Waals surface area contributed by atoms with Crippen molar-refractivity contribution in [3.05, 3.63) is 83.8 Å². The van der Waals surface area contributed by atoms with Gasteiger partial charge in [0.2, 0.25) is 0 Å². The highest BCUT2D eigenvalue weighted by Crippen LogP contribution is 2.16. The van der Waals surface area contributed by atoms with E-state index < -0.39 is 0 Å². The van der Waals surface area contributed by atoms with E-state index in [0.717, 1.165) is 16.8 Å². The van der Waals surface area contributed by atoms with Gasteiger partial charge >= 0.3 is 0 Å². The summed E-state index contributed by atoms with van der Waals surface area (Å²) in [6, 6.07) is 19.5. The zero-order valence-electron chi connectivity index (χ0n) is 14.3. The lowest BCUT2D eigenvalue weighted by molar-refractivity contribution is 0.0779. The maximum Gasteiger partial charge on any atom is 0.272 e. The number of hydrogen-bond donors (Lipinski definition) is 1. The molecule has 0 saturated heterocycles. The van der Waals surface area contributed by atoms with Gasteiger partial charge in [0, 0.05) is 25.3 Å². The Kier molecular flexibility index (Phi) is 5.04. The summed E-state index contributed by atoms with van der Waals surface area (Å²) in [5.41, 5.74) is 3.52. The minimum absolute atomic E-state index is 0.140. The van der Waals surface area contributed by atoms with E-state index in [0.29, 0.717) is 18.1 Å². The molecule has 5 nitrogen and oxygen atoms in total. The number of anilines is 2. The summed E-state index contributed by atoms with van der Waals surface area (Å²) in [5.74, 6) is 0.454. The Morgan fingerprint density at radius 1 is 1.04 bits per heavy atom. The van der Waals surface area contributed by atoms with Crippen LogP contribution < -0.4 is 5.32 Å². The molecule has 0 fully saturated rings. The van der Waals surface area contributed by atoms with Crippen molar-refractivity contribution in [2.24, 2.45) is 0 Å². The van der Waals surface area contributed by atoms with Crippen molar-refractivity contribution >= 4 is 17.4 Å². The number of hydrogen-bond acceptors (Lipinski definition) is 4. The van der Waals surface area contributed by atoms with Crippen molar-refractivity contribution < 1.29 is 4.79 Å². The van der Waals surface area contributed by atoms with Gasteiger partial charge in [-0.05, 0) is 30.2 Å². The maximum absolute atomic E-state index is 12.6. The molecule has 3 rings (SSSR count). The molecule has 2 aromatic carbocycles. The van der Waals surface area contributed by atoms with Crippen LogP contribution in [-0.4, -0.2) is 27.8 Å². The van der Waals surface area contributed by atoms with Crippen molar-refractivity contribution in [1.82, 2.24) is 14.9 Å². The van der Waals surface area contributed by atoms with E-state index in [1.54, 1.807) is 18.0 Å². The second kappa shape index (κ2) is 7.57. The van der Waals surface area contributed by atoms with Crippen LogP contribution in [-0.2, 0) is 6.54 Å². The van der Waals surface area contributed by atoms with Crippen LogP contribution in [0.3, 0.4) is 0 Å². The molecule has 5 heteroatoms. The van der Waals surface area contributed by atoms with E-state index in [1.165, 1.54) is 6.33 Å². The van der Waals surface area contributed by atoms with Gasteiger partial charge in [0.15, 0.2) is 0 Å². The second-order valence-corrected chi connectivity index (χ2v) is 5.93. The first-order valence-electron chi connectivity index (χ1n) is 8.07. The second-order valence-electron chi connectivity index (χ2n) is 5.93. The van der Waals surface area contributed by atoms with Crippen LogP contribution >= 0.6 is 0 Å². The van der Waals surface area contributed by atoms with Gasteiger partial charge in [-0.3, -0.25) is 4.79 Å². The molecule has 0 spiro atoms. The maximum atomic E-state index is 12.6. The first-order valence-corrected chi connectivity index (χ1v) is 8.07. The first-order chi connectivity index (χ1) is 12.1. The molecular formula is C20H20N4O. The number of amides is 1. The molecule has 1 amide bonds. The summed E-state index contributed by atoms with van der Waals surface area (Å²) in [4.78, 5) is 22.6. The molecule has 25 heavy (non-hydrogen) atoms. The summed E-state index contributed by atoms with van der Waals surface area (Å²) in [7, 11) is 1.77. The number of benzene rings is 2. The fraction of sp³-hybridized carbons (Fsp3) is 0.150. The largest absolute Gasteiger partial charge is 0.340 e. The Bertz CT molecular complexity index is 864. The van der Waals surface area contributed by atoms with Gasteiger partial charge in [-0.25, -0.2) is 9.97 Å². The molecule has 0 radical (unpaired) electrons. The highest BCUT2D eigenvalue weighted by atomic mass is 16.2. The van der Waals surface area contributed by atoms with E-state index >= 15 is 0 Å². The molecule has 0 atom stereocenters. The molecule has 0 bridgehead atoms. The zero-order valence-corrected chi connectivity index (χ0v) is 14.3. The van der Waals surface area contributed by atoms with Crippen molar-refractivity contribution in [2.75, 3.05) is 12.4 Å². The molecule has 126 valence electrons. The normalized spacial score (nSPS) is 10.3. The van der Waals surface area contributed by atoms with Crippen LogP contribution in [0.5, 0.6) is 0 Å². The predicted molar refractivity (Wildman–Crippen MR) is 98.7 cm³/mol. The molecular weight excluding hydrogens is 312 g/mol. The number of rotatable bonds is 5. The average molecular weight is 332 g/mol. The number of carbonyl (C=O) groups excluding carboxylic acids is 1. The van der Waals surface area contributed by atoms with Gasteiger partial charge in [-0.1, -0.05) is 42.5 Å². The summed E-state index contributed by atoms with van der Waals surface area (Å²) < 4.78 is 0. The van der Waals surface area contributed by atoms with Gasteiger partial charge in [0.1, 0.15) is 17.8 Å². The Labute approximate surface area is 147 Å². The van der Waals surface area contributed by atoms with E-state index in [-0.39, 0.29) is 5.91 Å². The van der Waals surface area contributed by atoms with Gasteiger partial charge in [-0.15, -0.1) is 0 Å². The van der Waals surface area contributed by atoms with E-state index in [1.807, 2.05) is 61.5 Å². The molecule has 0 saturated carbocycles. The zero-order chi connectivity index (χ0) is 17.6. The van der Waals surface area contributed by atoms with Gasteiger partial charge < -0.3 is 10.2 Å². The minimum atomic E-state index is -0.140. The van der Waals surface area contributed by atoms with E-state index in [4.69, 9.17) is 0 Å². The first kappa shape index (κ1) is 16.6. The summed E-state index contributed by atoms with van der Waals surface area (Å²) in [6.07, 6.45) is 1.40. The third kappa shape index (κ3) is 4.41. The summed E-state index contributed by atoms with van der Waals surface area (Å²) >= 11 is 0. The molecule has 3 aromatic rings. The van der Waals surface area contributed by atoms with Crippen LogP contribution in [0.4, 0.5) is 11.5 Å². The molecule has 0 aliphatic carbocycles. The lowest BCUT2D eigenvalue weighted by Gasteiger charge is -2.17. The topological polar surface area (TPSA) is 58.1 Å². The minimum Gasteiger partial charge on any atom is -0.340 e. The number of nitrogens with one attached hydrogen (secondary N) is 1. The monoisotopic (exact) mass is 332 g/mol. The van der Waals surface area contributed by atoms with Crippen LogP contribution in [0.2, 0.25) is 0 Å². The summed E-state index contributed by atoms with van der Waals surface area (Å²) in [6.45, 7) is 2.56. The number of aryl methyl sites for hydroxylation is 1. The molecule has 1 aromatic heterocycles. The molecule has 0 unspecified atom stereocenters. The highest BCUT2D eigenvalue weighted by molar-refractivity contribution is 5.92. The number of aromatic nitrogens is 2. The lowest BCUT2D eigenvalue weighted by Crippen LogP contribution is -2.27. The lowest BCUT2D eigenvalue weighted by atomic mass is 10.2. The Morgan fingerprint density at radius 3 is 2.60 bits per heavy atom. The Hall–Kier alpha value is -3.21. The molecule has 1 N–H and O–H groups in total. The predicted octanol–water partition coefficient (Wildman–Crippen LogP) is 3.80. The van der Waals surface area contributed by atoms with Gasteiger partial charge in [0.25, 0.3) is 5.91 Å².